The van der Waals surface area contributed by atoms with E-state index in [9.17, 15) is 13.2 Å². The molecule has 0 aromatic heterocycles. The molecular weight excluding hydrogens is 430 g/mol. The zero-order valence-corrected chi connectivity index (χ0v) is 17.7. The third kappa shape index (κ3) is 6.97. The lowest BCUT2D eigenvalue weighted by Gasteiger charge is -2.19. The Morgan fingerprint density at radius 1 is 1.11 bits per heavy atom. The fourth-order valence-corrected chi connectivity index (χ4v) is 3.45. The number of urea groups is 1. The lowest BCUT2D eigenvalue weighted by molar-refractivity contribution is 0.234. The normalized spacial score (nSPS) is 13.6. The van der Waals surface area contributed by atoms with Crippen LogP contribution in [0.1, 0.15) is 37.4 Å². The van der Waals surface area contributed by atoms with Crippen LogP contribution in [0.3, 0.4) is 0 Å². The molecule has 2 rings (SSSR count). The number of primary sulfonamides is 1. The highest BCUT2D eigenvalue weighted by Crippen LogP contribution is 2.17. The predicted molar refractivity (Wildman–Crippen MR) is 110 cm³/mol. The molecule has 0 heterocycles. The summed E-state index contributed by atoms with van der Waals surface area (Å²) >= 11 is 3.41. The van der Waals surface area contributed by atoms with E-state index in [1.807, 2.05) is 19.1 Å². The van der Waals surface area contributed by atoms with Crippen LogP contribution >= 0.6 is 15.9 Å². The van der Waals surface area contributed by atoms with Crippen LogP contribution < -0.4 is 15.8 Å². The Balaban J connectivity index is 1.86. The highest BCUT2D eigenvalue weighted by atomic mass is 79.9. The molecule has 146 valence electrons. The highest BCUT2D eigenvalue weighted by molar-refractivity contribution is 9.10. The number of nitrogens with two attached hydrogens (primary N) is 1. The molecule has 2 aromatic carbocycles. The van der Waals surface area contributed by atoms with Gasteiger partial charge in [0.2, 0.25) is 10.0 Å². The molecule has 27 heavy (non-hydrogen) atoms. The smallest absolute Gasteiger partial charge is 0.315 e. The quantitative estimate of drug-likeness (QED) is 0.597. The molecule has 0 aliphatic heterocycles. The maximum atomic E-state index is 12.2. The van der Waals surface area contributed by atoms with E-state index in [4.69, 9.17) is 5.14 Å². The topological polar surface area (TPSA) is 101 Å². The van der Waals surface area contributed by atoms with E-state index in [0.29, 0.717) is 5.56 Å². The molecule has 0 unspecified atom stereocenters. The monoisotopic (exact) mass is 453 g/mol. The number of halogens is 1. The molecule has 2 amide bonds. The number of amides is 2. The average molecular weight is 454 g/mol. The molecule has 0 fully saturated rings. The minimum Gasteiger partial charge on any atom is -0.336 e. The van der Waals surface area contributed by atoms with Crippen molar-refractivity contribution in [1.82, 2.24) is 10.6 Å². The van der Waals surface area contributed by atoms with Crippen LogP contribution in [0.4, 0.5) is 4.79 Å². The van der Waals surface area contributed by atoms with Crippen LogP contribution in [0.25, 0.3) is 0 Å². The third-order valence-corrected chi connectivity index (χ3v) is 5.63. The summed E-state index contributed by atoms with van der Waals surface area (Å²) in [5, 5.41) is 10.9. The number of aryl methyl sites for hydroxylation is 1. The highest BCUT2D eigenvalue weighted by Gasteiger charge is 2.14. The number of sulfonamides is 1. The number of carbonyl (C=O) groups is 1. The Kier molecular flexibility index (Phi) is 7.41. The van der Waals surface area contributed by atoms with Gasteiger partial charge in [-0.05, 0) is 62.1 Å². The van der Waals surface area contributed by atoms with Gasteiger partial charge >= 0.3 is 6.03 Å². The number of hydrogen-bond donors (Lipinski definition) is 3. The first-order valence-corrected chi connectivity index (χ1v) is 10.9. The largest absolute Gasteiger partial charge is 0.336 e. The van der Waals surface area contributed by atoms with Crippen LogP contribution in [0.5, 0.6) is 0 Å². The molecule has 0 saturated carbocycles. The number of carbonyl (C=O) groups excluding carboxylic acids is 1. The second-order valence-corrected chi connectivity index (χ2v) is 9.00. The van der Waals surface area contributed by atoms with Gasteiger partial charge in [0, 0.05) is 10.5 Å². The van der Waals surface area contributed by atoms with Crippen LogP contribution in [0.2, 0.25) is 0 Å². The Morgan fingerprint density at radius 3 is 2.41 bits per heavy atom. The lowest BCUT2D eigenvalue weighted by Crippen LogP contribution is -2.42. The van der Waals surface area contributed by atoms with Crippen LogP contribution in [0, 0.1) is 0 Å². The van der Waals surface area contributed by atoms with Gasteiger partial charge in [-0.1, -0.05) is 40.2 Å². The summed E-state index contributed by atoms with van der Waals surface area (Å²) in [6.45, 7) is 3.74. The molecule has 8 heteroatoms. The van der Waals surface area contributed by atoms with Crippen molar-refractivity contribution in [2.75, 3.05) is 0 Å². The Labute approximate surface area is 168 Å². The van der Waals surface area contributed by atoms with Crippen LogP contribution in [-0.4, -0.2) is 20.5 Å². The molecule has 0 aliphatic carbocycles. The van der Waals surface area contributed by atoms with Crippen molar-refractivity contribution in [1.29, 1.82) is 0 Å². The summed E-state index contributed by atoms with van der Waals surface area (Å²) in [7, 11) is -3.77. The molecule has 0 bridgehead atoms. The first-order chi connectivity index (χ1) is 12.6. The molecule has 0 radical (unpaired) electrons. The summed E-state index contributed by atoms with van der Waals surface area (Å²) in [4.78, 5) is 12.2. The van der Waals surface area contributed by atoms with Gasteiger partial charge < -0.3 is 10.6 Å². The molecule has 0 saturated heterocycles. The van der Waals surface area contributed by atoms with Crippen molar-refractivity contribution in [3.8, 4) is 0 Å². The van der Waals surface area contributed by atoms with Gasteiger partial charge in [0.1, 0.15) is 0 Å². The Morgan fingerprint density at radius 2 is 1.78 bits per heavy atom. The molecular formula is C19H24BrN3O3S. The lowest BCUT2D eigenvalue weighted by atomic mass is 10.1. The van der Waals surface area contributed by atoms with E-state index in [0.717, 1.165) is 17.3 Å². The zero-order valence-electron chi connectivity index (χ0n) is 15.3. The SMILES string of the molecule is C[C@H](CCc1ccc(Br)cc1)NC(=O)N[C@H](C)c1cccc(S(N)(=O)=O)c1. The van der Waals surface area contributed by atoms with Gasteiger partial charge in [-0.3, -0.25) is 0 Å². The number of nitrogens with one attached hydrogen (secondary N) is 2. The van der Waals surface area contributed by atoms with Crippen LogP contribution in [-0.2, 0) is 16.4 Å². The van der Waals surface area contributed by atoms with E-state index in [1.54, 1.807) is 19.1 Å². The van der Waals surface area contributed by atoms with E-state index >= 15 is 0 Å². The summed E-state index contributed by atoms with van der Waals surface area (Å²) in [5.74, 6) is 0. The Bertz CT molecular complexity index is 885. The summed E-state index contributed by atoms with van der Waals surface area (Å²) in [6, 6.07) is 13.7. The minimum absolute atomic E-state index is 0.00315. The Hall–Kier alpha value is -1.90. The standard InChI is InChI=1S/C19H24BrN3O3S/c1-13(6-7-15-8-10-17(20)11-9-15)22-19(24)23-14(2)16-4-3-5-18(12-16)27(21,25)26/h3-5,8-14H,6-7H2,1-2H3,(H2,21,25,26)(H2,22,23,24)/t13-,14-/m1/s1. The second-order valence-electron chi connectivity index (χ2n) is 6.52. The summed E-state index contributed by atoms with van der Waals surface area (Å²) < 4.78 is 24.0. The molecule has 0 aliphatic rings. The maximum Gasteiger partial charge on any atom is 0.315 e. The van der Waals surface area contributed by atoms with Crippen LogP contribution in [0.15, 0.2) is 57.9 Å². The molecule has 2 atom stereocenters. The van der Waals surface area contributed by atoms with Crippen molar-refractivity contribution in [3.63, 3.8) is 0 Å². The molecule has 2 aromatic rings. The third-order valence-electron chi connectivity index (χ3n) is 4.19. The fraction of sp³-hybridized carbons (Fsp3) is 0.316. The zero-order chi connectivity index (χ0) is 20.0. The maximum absolute atomic E-state index is 12.2. The van der Waals surface area contributed by atoms with Gasteiger partial charge in [0.25, 0.3) is 0 Å². The number of benzene rings is 2. The molecule has 0 spiro atoms. The summed E-state index contributed by atoms with van der Waals surface area (Å²) in [5.41, 5.74) is 1.87. The van der Waals surface area contributed by atoms with Crippen molar-refractivity contribution in [2.24, 2.45) is 5.14 Å². The van der Waals surface area contributed by atoms with E-state index in [-0.39, 0.29) is 23.0 Å². The number of rotatable bonds is 7. The van der Waals surface area contributed by atoms with Gasteiger partial charge in [-0.15, -0.1) is 0 Å². The van der Waals surface area contributed by atoms with Gasteiger partial charge in [-0.25, -0.2) is 18.4 Å². The number of hydrogen-bond acceptors (Lipinski definition) is 3. The van der Waals surface area contributed by atoms with Gasteiger partial charge in [0.15, 0.2) is 0 Å². The molecule has 4 N–H and O–H groups in total. The second kappa shape index (κ2) is 9.34. The van der Waals surface area contributed by atoms with Crippen molar-refractivity contribution in [2.45, 2.75) is 43.7 Å². The summed E-state index contributed by atoms with van der Waals surface area (Å²) in [6.07, 6.45) is 1.67. The average Bonchev–Trinajstić information content (AvgIpc) is 2.60. The van der Waals surface area contributed by atoms with E-state index in [2.05, 4.69) is 38.7 Å². The van der Waals surface area contributed by atoms with Gasteiger partial charge in [-0.2, -0.15) is 0 Å². The minimum atomic E-state index is -3.77. The van der Waals surface area contributed by atoms with Crippen molar-refractivity contribution < 1.29 is 13.2 Å². The first kappa shape index (κ1) is 21.4. The van der Waals surface area contributed by atoms with E-state index < -0.39 is 10.0 Å². The van der Waals surface area contributed by atoms with Gasteiger partial charge in [0.05, 0.1) is 10.9 Å². The van der Waals surface area contributed by atoms with Crippen molar-refractivity contribution in [3.05, 3.63) is 64.1 Å². The molecule has 6 nitrogen and oxygen atoms in total. The van der Waals surface area contributed by atoms with Crippen molar-refractivity contribution >= 4 is 32.0 Å². The first-order valence-electron chi connectivity index (χ1n) is 8.59. The predicted octanol–water partition coefficient (Wildman–Crippen LogP) is 3.48. The fourth-order valence-electron chi connectivity index (χ4n) is 2.61. The van der Waals surface area contributed by atoms with E-state index in [1.165, 1.54) is 17.7 Å².